The Labute approximate surface area is 112 Å². The maximum absolute atomic E-state index is 6.04. The van der Waals surface area contributed by atoms with E-state index in [0.717, 1.165) is 23.5 Å². The molecule has 0 unspecified atom stereocenters. The average Bonchev–Trinajstić information content (AvgIpc) is 2.36. The predicted molar refractivity (Wildman–Crippen MR) is 75.6 cm³/mol. The number of nitrogens with zero attached hydrogens (tertiary/aromatic N) is 2. The first-order chi connectivity index (χ1) is 8.60. The van der Waals surface area contributed by atoms with Crippen LogP contribution in [-0.2, 0) is 6.42 Å². The molecule has 1 heterocycles. The molecule has 18 heavy (non-hydrogen) atoms. The van der Waals surface area contributed by atoms with Crippen molar-refractivity contribution in [2.24, 2.45) is 0 Å². The third kappa shape index (κ3) is 2.79. The fraction of sp³-hybridized carbons (Fsp3) is 0.286. The van der Waals surface area contributed by atoms with Crippen molar-refractivity contribution in [1.29, 1.82) is 0 Å². The Morgan fingerprint density at radius 2 is 1.78 bits per heavy atom. The van der Waals surface area contributed by atoms with E-state index in [1.54, 1.807) is 0 Å². The minimum atomic E-state index is 0.496. The first kappa shape index (κ1) is 12.8. The largest absolute Gasteiger partial charge is 0.340 e. The molecule has 0 aliphatic rings. The third-order valence-corrected chi connectivity index (χ3v) is 3.19. The molecule has 2 rings (SSSR count). The van der Waals surface area contributed by atoms with Crippen LogP contribution in [0.5, 0.6) is 0 Å². The summed E-state index contributed by atoms with van der Waals surface area (Å²) in [5, 5.41) is 3.77. The lowest BCUT2D eigenvalue weighted by Gasteiger charge is -2.10. The minimum Gasteiger partial charge on any atom is -0.340 e. The van der Waals surface area contributed by atoms with E-state index in [0.29, 0.717) is 11.0 Å². The van der Waals surface area contributed by atoms with Crippen LogP contribution < -0.4 is 5.32 Å². The number of rotatable bonds is 3. The number of aromatic nitrogens is 2. The molecule has 0 atom stereocenters. The van der Waals surface area contributed by atoms with Gasteiger partial charge in [0.15, 0.2) is 0 Å². The second-order valence-electron chi connectivity index (χ2n) is 4.21. The van der Waals surface area contributed by atoms with Gasteiger partial charge in [0.1, 0.15) is 16.8 Å². The molecule has 3 nitrogen and oxygen atoms in total. The zero-order valence-corrected chi connectivity index (χ0v) is 11.5. The van der Waals surface area contributed by atoms with Gasteiger partial charge in [-0.05, 0) is 38.0 Å². The zero-order chi connectivity index (χ0) is 13.1. The quantitative estimate of drug-likeness (QED) is 0.847. The minimum absolute atomic E-state index is 0.496. The molecule has 0 fully saturated rings. The molecule has 0 aliphatic carbocycles. The monoisotopic (exact) mass is 261 g/mol. The molecule has 0 spiro atoms. The van der Waals surface area contributed by atoms with Crippen LogP contribution in [0.3, 0.4) is 0 Å². The second kappa shape index (κ2) is 5.36. The Bertz CT molecular complexity index is 550. The molecule has 0 saturated heterocycles. The summed E-state index contributed by atoms with van der Waals surface area (Å²) < 4.78 is 0. The van der Waals surface area contributed by atoms with Crippen molar-refractivity contribution < 1.29 is 0 Å². The van der Waals surface area contributed by atoms with Crippen molar-refractivity contribution in [2.75, 3.05) is 5.32 Å². The Kier molecular flexibility index (Phi) is 3.82. The molecule has 1 aromatic heterocycles. The standard InChI is InChI=1S/C14H16ClN3/c1-4-11-5-7-12(8-6-11)18-14-9(2)13(15)16-10(3)17-14/h5-8H,4H2,1-3H3,(H,16,17,18). The predicted octanol–water partition coefficient (Wildman–Crippen LogP) is 4.05. The zero-order valence-electron chi connectivity index (χ0n) is 10.8. The van der Waals surface area contributed by atoms with E-state index in [9.17, 15) is 0 Å². The summed E-state index contributed by atoms with van der Waals surface area (Å²) in [6.45, 7) is 5.88. The normalized spacial score (nSPS) is 10.4. The van der Waals surface area contributed by atoms with Crippen LogP contribution in [-0.4, -0.2) is 9.97 Å². The fourth-order valence-corrected chi connectivity index (χ4v) is 1.89. The number of benzene rings is 1. The van der Waals surface area contributed by atoms with Gasteiger partial charge in [0.25, 0.3) is 0 Å². The van der Waals surface area contributed by atoms with E-state index in [1.807, 2.05) is 26.0 Å². The van der Waals surface area contributed by atoms with Gasteiger partial charge >= 0.3 is 0 Å². The lowest BCUT2D eigenvalue weighted by atomic mass is 10.1. The van der Waals surface area contributed by atoms with Gasteiger partial charge in [0, 0.05) is 11.3 Å². The molecule has 0 aliphatic heterocycles. The molecule has 0 radical (unpaired) electrons. The average molecular weight is 262 g/mol. The summed E-state index contributed by atoms with van der Waals surface area (Å²) in [5.74, 6) is 1.43. The maximum Gasteiger partial charge on any atom is 0.138 e. The highest BCUT2D eigenvalue weighted by Crippen LogP contribution is 2.23. The Morgan fingerprint density at radius 3 is 2.39 bits per heavy atom. The fourth-order valence-electron chi connectivity index (χ4n) is 1.68. The Balaban J connectivity index is 2.27. The number of hydrogen-bond donors (Lipinski definition) is 1. The van der Waals surface area contributed by atoms with Crippen molar-refractivity contribution in [3.63, 3.8) is 0 Å². The first-order valence-corrected chi connectivity index (χ1v) is 6.34. The highest BCUT2D eigenvalue weighted by Gasteiger charge is 2.07. The molecule has 4 heteroatoms. The molecular weight excluding hydrogens is 246 g/mol. The molecule has 1 aromatic carbocycles. The van der Waals surface area contributed by atoms with E-state index < -0.39 is 0 Å². The highest BCUT2D eigenvalue weighted by atomic mass is 35.5. The van der Waals surface area contributed by atoms with Gasteiger partial charge in [-0.25, -0.2) is 9.97 Å². The van der Waals surface area contributed by atoms with Crippen molar-refractivity contribution in [3.8, 4) is 0 Å². The lowest BCUT2D eigenvalue weighted by molar-refractivity contribution is 1.04. The Hall–Kier alpha value is -1.61. The van der Waals surface area contributed by atoms with Crippen molar-refractivity contribution in [3.05, 3.63) is 46.4 Å². The molecule has 0 saturated carbocycles. The van der Waals surface area contributed by atoms with E-state index in [2.05, 4.69) is 34.3 Å². The van der Waals surface area contributed by atoms with Crippen LogP contribution in [0.1, 0.15) is 23.9 Å². The van der Waals surface area contributed by atoms with E-state index in [1.165, 1.54) is 5.56 Å². The van der Waals surface area contributed by atoms with Crippen LogP contribution in [0.15, 0.2) is 24.3 Å². The first-order valence-electron chi connectivity index (χ1n) is 5.97. The smallest absolute Gasteiger partial charge is 0.138 e. The number of nitrogens with one attached hydrogen (secondary N) is 1. The SMILES string of the molecule is CCc1ccc(Nc2nc(C)nc(Cl)c2C)cc1. The lowest BCUT2D eigenvalue weighted by Crippen LogP contribution is -2.01. The molecule has 94 valence electrons. The molecular formula is C14H16ClN3. The van der Waals surface area contributed by atoms with Gasteiger partial charge in [-0.2, -0.15) is 0 Å². The van der Waals surface area contributed by atoms with Crippen molar-refractivity contribution in [2.45, 2.75) is 27.2 Å². The van der Waals surface area contributed by atoms with E-state index >= 15 is 0 Å². The van der Waals surface area contributed by atoms with Gasteiger partial charge < -0.3 is 5.32 Å². The second-order valence-corrected chi connectivity index (χ2v) is 4.57. The van der Waals surface area contributed by atoms with Crippen LogP contribution in [0.25, 0.3) is 0 Å². The van der Waals surface area contributed by atoms with Gasteiger partial charge in [0.05, 0.1) is 0 Å². The summed E-state index contributed by atoms with van der Waals surface area (Å²) in [6, 6.07) is 8.30. The van der Waals surface area contributed by atoms with E-state index in [-0.39, 0.29) is 0 Å². The summed E-state index contributed by atoms with van der Waals surface area (Å²) in [4.78, 5) is 8.48. The van der Waals surface area contributed by atoms with Crippen LogP contribution in [0, 0.1) is 13.8 Å². The van der Waals surface area contributed by atoms with E-state index in [4.69, 9.17) is 11.6 Å². The third-order valence-electron chi connectivity index (χ3n) is 2.82. The van der Waals surface area contributed by atoms with Crippen molar-refractivity contribution >= 4 is 23.1 Å². The van der Waals surface area contributed by atoms with Crippen LogP contribution in [0.4, 0.5) is 11.5 Å². The molecule has 1 N–H and O–H groups in total. The number of halogens is 1. The summed E-state index contributed by atoms with van der Waals surface area (Å²) in [7, 11) is 0. The van der Waals surface area contributed by atoms with Gasteiger partial charge in [0.2, 0.25) is 0 Å². The summed E-state index contributed by atoms with van der Waals surface area (Å²) in [5.41, 5.74) is 3.18. The maximum atomic E-state index is 6.04. The molecule has 2 aromatic rings. The van der Waals surface area contributed by atoms with Gasteiger partial charge in [-0.15, -0.1) is 0 Å². The Morgan fingerprint density at radius 1 is 1.11 bits per heavy atom. The highest BCUT2D eigenvalue weighted by molar-refractivity contribution is 6.30. The summed E-state index contributed by atoms with van der Waals surface area (Å²) >= 11 is 6.04. The molecule has 0 amide bonds. The topological polar surface area (TPSA) is 37.8 Å². The van der Waals surface area contributed by atoms with Crippen LogP contribution in [0.2, 0.25) is 5.15 Å². The van der Waals surface area contributed by atoms with Gasteiger partial charge in [-0.1, -0.05) is 30.7 Å². The van der Waals surface area contributed by atoms with Crippen LogP contribution >= 0.6 is 11.6 Å². The number of anilines is 2. The van der Waals surface area contributed by atoms with Crippen molar-refractivity contribution in [1.82, 2.24) is 9.97 Å². The van der Waals surface area contributed by atoms with Gasteiger partial charge in [-0.3, -0.25) is 0 Å². The number of aryl methyl sites for hydroxylation is 2. The summed E-state index contributed by atoms with van der Waals surface area (Å²) in [6.07, 6.45) is 1.04. The molecule has 0 bridgehead atoms. The number of hydrogen-bond acceptors (Lipinski definition) is 3.